The minimum absolute atomic E-state index is 0.232. The molecular weight excluding hydrogens is 444 g/mol. The molecule has 3 N–H and O–H groups in total. The molecule has 36 heavy (non-hydrogen) atoms. The molecule has 188 valence electrons. The van der Waals surface area contributed by atoms with Gasteiger partial charge in [-0.25, -0.2) is 0 Å². The van der Waals surface area contributed by atoms with Gasteiger partial charge in [0.1, 0.15) is 0 Å². The van der Waals surface area contributed by atoms with E-state index in [-0.39, 0.29) is 11.3 Å². The number of rotatable bonds is 5. The summed E-state index contributed by atoms with van der Waals surface area (Å²) in [5.74, 6) is 1.96. The van der Waals surface area contributed by atoms with E-state index in [1.165, 1.54) is 61.9 Å². The first-order valence-electron chi connectivity index (χ1n) is 14.1. The molecule has 2 aliphatic carbocycles. The van der Waals surface area contributed by atoms with Gasteiger partial charge in [0.2, 0.25) is 5.91 Å². The summed E-state index contributed by atoms with van der Waals surface area (Å²) in [7, 11) is 0. The summed E-state index contributed by atoms with van der Waals surface area (Å²) in [4.78, 5) is 15.5. The largest absolute Gasteiger partial charge is 0.325 e. The average molecular weight is 483 g/mol. The zero-order valence-corrected chi connectivity index (χ0v) is 21.1. The van der Waals surface area contributed by atoms with Crippen LogP contribution in [0.1, 0.15) is 61.6 Å². The second-order valence-electron chi connectivity index (χ2n) is 11.9. The van der Waals surface area contributed by atoms with Crippen LogP contribution in [0.3, 0.4) is 0 Å². The van der Waals surface area contributed by atoms with Crippen LogP contribution in [0.25, 0.3) is 6.08 Å². The second-order valence-corrected chi connectivity index (χ2v) is 11.9. The highest BCUT2D eigenvalue weighted by Gasteiger charge is 2.67. The summed E-state index contributed by atoms with van der Waals surface area (Å²) >= 11 is 0. The lowest BCUT2D eigenvalue weighted by molar-refractivity contribution is -0.118. The predicted molar refractivity (Wildman–Crippen MR) is 144 cm³/mol. The van der Waals surface area contributed by atoms with Crippen LogP contribution in [0.2, 0.25) is 0 Å². The minimum atomic E-state index is -0.250. The molecule has 3 heterocycles. The Bertz CT molecular complexity index is 1150. The number of anilines is 1. The van der Waals surface area contributed by atoms with Crippen LogP contribution in [-0.2, 0) is 16.8 Å². The molecule has 2 saturated carbocycles. The van der Waals surface area contributed by atoms with Crippen LogP contribution < -0.4 is 16.2 Å². The molecule has 0 aromatic heterocycles. The summed E-state index contributed by atoms with van der Waals surface area (Å²) in [6, 6.07) is 18.3. The summed E-state index contributed by atoms with van der Waals surface area (Å²) in [6.07, 6.45) is 13.3. The number of hydrazine groups is 1. The minimum Gasteiger partial charge on any atom is -0.325 e. The van der Waals surface area contributed by atoms with E-state index >= 15 is 0 Å². The van der Waals surface area contributed by atoms with E-state index in [4.69, 9.17) is 0 Å². The lowest BCUT2D eigenvalue weighted by Crippen LogP contribution is -2.37. The van der Waals surface area contributed by atoms with Crippen molar-refractivity contribution in [1.29, 1.82) is 0 Å². The van der Waals surface area contributed by atoms with Gasteiger partial charge < -0.3 is 5.32 Å². The fourth-order valence-corrected chi connectivity index (χ4v) is 7.78. The number of nitrogens with one attached hydrogen (secondary N) is 3. The highest BCUT2D eigenvalue weighted by Crippen LogP contribution is 2.64. The number of para-hydroxylation sites is 1. The Labute approximate surface area is 214 Å². The zero-order chi connectivity index (χ0) is 24.1. The fraction of sp³-hybridized carbons (Fsp3) is 0.516. The first kappa shape index (κ1) is 22.7. The number of nitrogens with zero attached hydrogens (tertiary/aromatic N) is 1. The van der Waals surface area contributed by atoms with E-state index in [0.717, 1.165) is 25.1 Å². The Morgan fingerprint density at radius 1 is 0.972 bits per heavy atom. The predicted octanol–water partition coefficient (Wildman–Crippen LogP) is 4.86. The average Bonchev–Trinajstić information content (AvgIpc) is 3.45. The van der Waals surface area contributed by atoms with Gasteiger partial charge in [0.15, 0.2) is 0 Å². The van der Waals surface area contributed by atoms with Crippen molar-refractivity contribution in [1.82, 2.24) is 15.8 Å². The Morgan fingerprint density at radius 3 is 2.67 bits per heavy atom. The third kappa shape index (κ3) is 3.93. The van der Waals surface area contributed by atoms with Crippen LogP contribution in [0.15, 0.2) is 54.6 Å². The molecule has 0 bridgehead atoms. The molecule has 2 saturated heterocycles. The molecule has 2 aromatic carbocycles. The van der Waals surface area contributed by atoms with Crippen molar-refractivity contribution < 1.29 is 4.79 Å². The quantitative estimate of drug-likeness (QED) is 0.570. The Kier molecular flexibility index (Phi) is 5.76. The highest BCUT2D eigenvalue weighted by atomic mass is 16.2. The number of carbonyl (C=O) groups excluding carboxylic acids is 1. The monoisotopic (exact) mass is 482 g/mol. The topological polar surface area (TPSA) is 56.4 Å². The fourth-order valence-electron chi connectivity index (χ4n) is 7.78. The lowest BCUT2D eigenvalue weighted by atomic mass is 9.73. The number of hydrogen-bond donors (Lipinski definition) is 3. The van der Waals surface area contributed by atoms with E-state index in [9.17, 15) is 4.79 Å². The molecule has 3 aliphatic heterocycles. The molecule has 5 aliphatic rings. The third-order valence-electron chi connectivity index (χ3n) is 9.82. The van der Waals surface area contributed by atoms with Crippen LogP contribution in [0.5, 0.6) is 0 Å². The van der Waals surface area contributed by atoms with Crippen LogP contribution in [-0.4, -0.2) is 36.0 Å². The molecule has 6 atom stereocenters. The van der Waals surface area contributed by atoms with Crippen molar-refractivity contribution >= 4 is 17.7 Å². The van der Waals surface area contributed by atoms with Gasteiger partial charge in [-0.2, -0.15) is 0 Å². The Morgan fingerprint density at radius 2 is 1.81 bits per heavy atom. The maximum Gasteiger partial charge on any atom is 0.235 e. The standard InChI is InChI=1S/C31H38N4O/c36-30-31(25-6-2-3-7-28(25)32-30)19-26(31)23-13-14-24-27(33-34-29(24)18-23)15-12-21-8-10-22(11-9-21)20-35-16-4-1-5-17-35/h2-3,6-12,15,23-24,26-27,29,33-34H,1,4-5,13-14,16-20H2,(H,32,36)/b15-12+/t23?,24?,26?,27?,29?,31-/m0/s1. The Balaban J connectivity index is 0.958. The number of fused-ring (bicyclic) bond motifs is 3. The first-order chi connectivity index (χ1) is 17.7. The van der Waals surface area contributed by atoms with Gasteiger partial charge in [0.05, 0.1) is 5.41 Å². The number of hydrogen-bond acceptors (Lipinski definition) is 4. The molecule has 5 heteroatoms. The van der Waals surface area contributed by atoms with E-state index in [2.05, 4.69) is 75.7 Å². The maximum absolute atomic E-state index is 12.9. The summed E-state index contributed by atoms with van der Waals surface area (Å²) in [6.45, 7) is 3.57. The zero-order valence-electron chi connectivity index (χ0n) is 21.1. The molecule has 4 fully saturated rings. The van der Waals surface area contributed by atoms with Gasteiger partial charge in [0, 0.05) is 24.3 Å². The molecule has 5 nitrogen and oxygen atoms in total. The maximum atomic E-state index is 12.9. The summed E-state index contributed by atoms with van der Waals surface area (Å²) < 4.78 is 0. The van der Waals surface area contributed by atoms with Gasteiger partial charge in [-0.1, -0.05) is 61.0 Å². The molecular formula is C31H38N4O. The van der Waals surface area contributed by atoms with Gasteiger partial charge in [0.25, 0.3) is 0 Å². The van der Waals surface area contributed by atoms with Crippen molar-refractivity contribution in [2.75, 3.05) is 18.4 Å². The van der Waals surface area contributed by atoms with Gasteiger partial charge >= 0.3 is 0 Å². The van der Waals surface area contributed by atoms with Gasteiger partial charge in [-0.15, -0.1) is 0 Å². The Hall–Kier alpha value is -2.47. The lowest BCUT2D eigenvalue weighted by Gasteiger charge is -2.33. The molecule has 1 spiro atoms. The van der Waals surface area contributed by atoms with Crippen molar-refractivity contribution in [3.05, 3.63) is 71.3 Å². The number of benzene rings is 2. The number of likely N-dealkylation sites (tertiary alicyclic amines) is 1. The molecule has 0 radical (unpaired) electrons. The van der Waals surface area contributed by atoms with Crippen molar-refractivity contribution in [2.24, 2.45) is 17.8 Å². The smallest absolute Gasteiger partial charge is 0.235 e. The van der Waals surface area contributed by atoms with Crippen molar-refractivity contribution in [3.63, 3.8) is 0 Å². The normalized spacial score (nSPS) is 35.7. The van der Waals surface area contributed by atoms with Crippen molar-refractivity contribution in [2.45, 2.75) is 69.0 Å². The third-order valence-corrected chi connectivity index (χ3v) is 9.82. The van der Waals surface area contributed by atoms with Crippen LogP contribution >= 0.6 is 0 Å². The summed E-state index contributed by atoms with van der Waals surface area (Å²) in [5.41, 5.74) is 11.9. The van der Waals surface area contributed by atoms with E-state index in [0.29, 0.717) is 29.8 Å². The molecule has 2 aromatic rings. The molecule has 7 rings (SSSR count). The van der Waals surface area contributed by atoms with Crippen molar-refractivity contribution in [3.8, 4) is 0 Å². The van der Waals surface area contributed by atoms with Crippen LogP contribution in [0, 0.1) is 17.8 Å². The van der Waals surface area contributed by atoms with Gasteiger partial charge in [-0.05, 0) is 92.1 Å². The SMILES string of the molecule is O=C1Nc2ccccc2[C@]12CC2C1CCC2C(/C=C/c3ccc(CN4CCCCC4)cc3)NNC2C1. The van der Waals surface area contributed by atoms with Crippen LogP contribution in [0.4, 0.5) is 5.69 Å². The van der Waals surface area contributed by atoms with E-state index in [1.807, 2.05) is 6.07 Å². The molecule has 5 unspecified atom stereocenters. The molecule has 1 amide bonds. The van der Waals surface area contributed by atoms with E-state index in [1.54, 1.807) is 0 Å². The van der Waals surface area contributed by atoms with E-state index < -0.39 is 0 Å². The highest BCUT2D eigenvalue weighted by molar-refractivity contribution is 6.08. The van der Waals surface area contributed by atoms with Gasteiger partial charge in [-0.3, -0.25) is 20.5 Å². The first-order valence-corrected chi connectivity index (χ1v) is 14.1. The number of carbonyl (C=O) groups is 1. The summed E-state index contributed by atoms with van der Waals surface area (Å²) in [5, 5.41) is 3.15. The second kappa shape index (κ2) is 9.13. The number of amides is 1. The number of piperidine rings is 1.